The van der Waals surface area contributed by atoms with Crippen molar-refractivity contribution in [3.8, 4) is 5.75 Å². The van der Waals surface area contributed by atoms with E-state index in [1.165, 1.54) is 0 Å². The zero-order valence-corrected chi connectivity index (χ0v) is 10.2. The van der Waals surface area contributed by atoms with Gasteiger partial charge >= 0.3 is 0 Å². The Bertz CT molecular complexity index is 477. The Hall–Kier alpha value is -1.90. The van der Waals surface area contributed by atoms with E-state index in [4.69, 9.17) is 9.15 Å². The highest BCUT2D eigenvalue weighted by atomic mass is 16.5. The lowest BCUT2D eigenvalue weighted by Gasteiger charge is -2.09. The Labute approximate surface area is 101 Å². The summed E-state index contributed by atoms with van der Waals surface area (Å²) >= 11 is 0. The molecule has 0 unspecified atom stereocenters. The third kappa shape index (κ3) is 2.81. The van der Waals surface area contributed by atoms with Gasteiger partial charge in [0.15, 0.2) is 0 Å². The van der Waals surface area contributed by atoms with Crippen LogP contribution in [0.1, 0.15) is 18.4 Å². The number of hydrogen-bond donors (Lipinski definition) is 1. The van der Waals surface area contributed by atoms with Crippen molar-refractivity contribution in [3.05, 3.63) is 47.9 Å². The fourth-order valence-electron chi connectivity index (χ4n) is 1.68. The Kier molecular flexibility index (Phi) is 3.70. The molecule has 0 atom stereocenters. The topological polar surface area (TPSA) is 34.4 Å². The smallest absolute Gasteiger partial charge is 0.141 e. The first kappa shape index (κ1) is 11.6. The fourth-order valence-corrected chi connectivity index (χ4v) is 1.68. The number of aryl methyl sites for hydroxylation is 1. The SMILES string of the molecule is CCc1ccc(CNc2ccccc2OC)o1. The van der Waals surface area contributed by atoms with Gasteiger partial charge in [-0.25, -0.2) is 0 Å². The van der Waals surface area contributed by atoms with Gasteiger partial charge in [-0.3, -0.25) is 0 Å². The lowest BCUT2D eigenvalue weighted by atomic mass is 10.3. The van der Waals surface area contributed by atoms with Crippen LogP contribution in [0.3, 0.4) is 0 Å². The molecule has 1 aromatic carbocycles. The molecular formula is C14H17NO2. The number of ether oxygens (including phenoxy) is 1. The van der Waals surface area contributed by atoms with Crippen LogP contribution in [0.15, 0.2) is 40.8 Å². The molecule has 0 aliphatic rings. The maximum absolute atomic E-state index is 5.62. The number of rotatable bonds is 5. The predicted molar refractivity (Wildman–Crippen MR) is 68.4 cm³/mol. The minimum atomic E-state index is 0.667. The quantitative estimate of drug-likeness (QED) is 0.855. The second kappa shape index (κ2) is 5.43. The van der Waals surface area contributed by atoms with Crippen LogP contribution in [0.2, 0.25) is 0 Å². The van der Waals surface area contributed by atoms with Crippen molar-refractivity contribution in [2.24, 2.45) is 0 Å². The van der Waals surface area contributed by atoms with Gasteiger partial charge in [-0.05, 0) is 24.3 Å². The van der Waals surface area contributed by atoms with Gasteiger partial charge in [0.2, 0.25) is 0 Å². The molecule has 1 heterocycles. The molecule has 17 heavy (non-hydrogen) atoms. The third-order valence-electron chi connectivity index (χ3n) is 2.63. The molecule has 90 valence electrons. The lowest BCUT2D eigenvalue weighted by molar-refractivity contribution is 0.416. The second-order valence-electron chi connectivity index (χ2n) is 3.78. The summed E-state index contributed by atoms with van der Waals surface area (Å²) in [6.07, 6.45) is 0.925. The summed E-state index contributed by atoms with van der Waals surface area (Å²) in [4.78, 5) is 0. The highest BCUT2D eigenvalue weighted by Gasteiger charge is 2.03. The number of nitrogens with one attached hydrogen (secondary N) is 1. The van der Waals surface area contributed by atoms with Crippen molar-refractivity contribution < 1.29 is 9.15 Å². The largest absolute Gasteiger partial charge is 0.495 e. The monoisotopic (exact) mass is 231 g/mol. The number of anilines is 1. The van der Waals surface area contributed by atoms with Crippen LogP contribution < -0.4 is 10.1 Å². The number of hydrogen-bond acceptors (Lipinski definition) is 3. The van der Waals surface area contributed by atoms with E-state index in [-0.39, 0.29) is 0 Å². The molecule has 3 nitrogen and oxygen atoms in total. The summed E-state index contributed by atoms with van der Waals surface area (Å²) in [5.41, 5.74) is 0.976. The summed E-state index contributed by atoms with van der Waals surface area (Å²) in [5.74, 6) is 2.80. The summed E-state index contributed by atoms with van der Waals surface area (Å²) in [7, 11) is 1.67. The van der Waals surface area contributed by atoms with Crippen LogP contribution in [0, 0.1) is 0 Å². The van der Waals surface area contributed by atoms with Crippen molar-refractivity contribution in [1.29, 1.82) is 0 Å². The van der Waals surface area contributed by atoms with E-state index in [2.05, 4.69) is 12.2 Å². The van der Waals surface area contributed by atoms with Gasteiger partial charge in [-0.1, -0.05) is 19.1 Å². The van der Waals surface area contributed by atoms with Gasteiger partial charge in [0.05, 0.1) is 19.3 Å². The number of methoxy groups -OCH3 is 1. The van der Waals surface area contributed by atoms with Crippen molar-refractivity contribution in [1.82, 2.24) is 0 Å². The number of benzene rings is 1. The Morgan fingerprint density at radius 3 is 2.59 bits per heavy atom. The van der Waals surface area contributed by atoms with Gasteiger partial charge in [-0.2, -0.15) is 0 Å². The minimum Gasteiger partial charge on any atom is -0.495 e. The maximum atomic E-state index is 5.62. The molecule has 0 saturated heterocycles. The van der Waals surface area contributed by atoms with E-state index in [9.17, 15) is 0 Å². The maximum Gasteiger partial charge on any atom is 0.141 e. The highest BCUT2D eigenvalue weighted by Crippen LogP contribution is 2.23. The molecule has 0 bridgehead atoms. The number of furan rings is 1. The first-order valence-corrected chi connectivity index (χ1v) is 5.78. The fraction of sp³-hybridized carbons (Fsp3) is 0.286. The average molecular weight is 231 g/mol. The van der Waals surface area contributed by atoms with Gasteiger partial charge < -0.3 is 14.5 Å². The molecule has 0 aliphatic heterocycles. The summed E-state index contributed by atoms with van der Waals surface area (Å²) in [5, 5.41) is 3.30. The Morgan fingerprint density at radius 1 is 1.12 bits per heavy atom. The van der Waals surface area contributed by atoms with Gasteiger partial charge in [0.1, 0.15) is 17.3 Å². The van der Waals surface area contributed by atoms with Gasteiger partial charge in [0, 0.05) is 6.42 Å². The molecule has 1 N–H and O–H groups in total. The molecule has 0 amide bonds. The van der Waals surface area contributed by atoms with Crippen LogP contribution in [-0.2, 0) is 13.0 Å². The average Bonchev–Trinajstić information content (AvgIpc) is 2.84. The van der Waals surface area contributed by atoms with Gasteiger partial charge in [0.25, 0.3) is 0 Å². The van der Waals surface area contributed by atoms with E-state index >= 15 is 0 Å². The van der Waals surface area contributed by atoms with Crippen molar-refractivity contribution >= 4 is 5.69 Å². The molecule has 0 radical (unpaired) electrons. The zero-order chi connectivity index (χ0) is 12.1. The molecule has 2 rings (SSSR count). The molecule has 3 heteroatoms. The highest BCUT2D eigenvalue weighted by molar-refractivity contribution is 5.56. The molecular weight excluding hydrogens is 214 g/mol. The normalized spacial score (nSPS) is 10.2. The summed E-state index contributed by atoms with van der Waals surface area (Å²) < 4.78 is 10.9. The van der Waals surface area contributed by atoms with E-state index in [1.807, 2.05) is 36.4 Å². The third-order valence-corrected chi connectivity index (χ3v) is 2.63. The predicted octanol–water partition coefficient (Wildman–Crippen LogP) is 3.46. The summed E-state index contributed by atoms with van der Waals surface area (Å²) in [6.45, 7) is 2.75. The van der Waals surface area contributed by atoms with Crippen molar-refractivity contribution in [2.75, 3.05) is 12.4 Å². The van der Waals surface area contributed by atoms with E-state index in [0.29, 0.717) is 6.54 Å². The van der Waals surface area contributed by atoms with Gasteiger partial charge in [-0.15, -0.1) is 0 Å². The van der Waals surface area contributed by atoms with E-state index in [0.717, 1.165) is 29.4 Å². The lowest BCUT2D eigenvalue weighted by Crippen LogP contribution is -2.00. The zero-order valence-electron chi connectivity index (χ0n) is 10.2. The van der Waals surface area contributed by atoms with Crippen LogP contribution in [-0.4, -0.2) is 7.11 Å². The van der Waals surface area contributed by atoms with E-state index < -0.39 is 0 Å². The minimum absolute atomic E-state index is 0.667. The number of para-hydroxylation sites is 2. The molecule has 0 spiro atoms. The first-order valence-electron chi connectivity index (χ1n) is 5.78. The van der Waals surface area contributed by atoms with Crippen LogP contribution in [0.25, 0.3) is 0 Å². The molecule has 0 aliphatic carbocycles. The van der Waals surface area contributed by atoms with Crippen molar-refractivity contribution in [3.63, 3.8) is 0 Å². The molecule has 2 aromatic rings. The van der Waals surface area contributed by atoms with Crippen LogP contribution in [0.4, 0.5) is 5.69 Å². The molecule has 1 aromatic heterocycles. The van der Waals surface area contributed by atoms with Crippen molar-refractivity contribution in [2.45, 2.75) is 19.9 Å². The second-order valence-corrected chi connectivity index (χ2v) is 3.78. The van der Waals surface area contributed by atoms with Crippen LogP contribution in [0.5, 0.6) is 5.75 Å². The first-order chi connectivity index (χ1) is 8.33. The molecule has 0 saturated carbocycles. The van der Waals surface area contributed by atoms with Crippen LogP contribution >= 0.6 is 0 Å². The Balaban J connectivity index is 2.01. The standard InChI is InChI=1S/C14H17NO2/c1-3-11-8-9-12(17-11)10-15-13-6-4-5-7-14(13)16-2/h4-9,15H,3,10H2,1-2H3. The molecule has 0 fully saturated rings. The Morgan fingerprint density at radius 2 is 1.88 bits per heavy atom. The van der Waals surface area contributed by atoms with E-state index in [1.54, 1.807) is 7.11 Å². The summed E-state index contributed by atoms with van der Waals surface area (Å²) in [6, 6.07) is 11.9.